The Bertz CT molecular complexity index is 832. The molecule has 0 atom stereocenters. The minimum Gasteiger partial charge on any atom is -0.478 e. The second kappa shape index (κ2) is 6.89. The number of rotatable bonds is 6. The molecule has 23 heavy (non-hydrogen) atoms. The third kappa shape index (κ3) is 4.87. The fourth-order valence-corrected chi connectivity index (χ4v) is 3.25. The molecule has 2 N–H and O–H groups in total. The molecule has 0 aliphatic heterocycles. The maximum Gasteiger partial charge on any atom is 0.335 e. The fraction of sp³-hybridized carbons (Fsp3) is 0.250. The van der Waals surface area contributed by atoms with E-state index in [0.29, 0.717) is 11.3 Å². The molecule has 0 spiro atoms. The number of aromatic nitrogens is 1. The van der Waals surface area contributed by atoms with Crippen LogP contribution in [0.3, 0.4) is 0 Å². The summed E-state index contributed by atoms with van der Waals surface area (Å²) in [5.74, 6) is -1.37. The number of nitrogens with one attached hydrogen (secondary N) is 1. The quantitative estimate of drug-likeness (QED) is 0.842. The van der Waals surface area contributed by atoms with Crippen LogP contribution in [0.5, 0.6) is 0 Å². The number of benzene rings is 1. The molecule has 0 saturated heterocycles. The fourth-order valence-electron chi connectivity index (χ4n) is 2.17. The summed E-state index contributed by atoms with van der Waals surface area (Å²) in [6.07, 6.45) is 1.69. The number of carbonyl (C=O) groups is 1. The summed E-state index contributed by atoms with van der Waals surface area (Å²) in [6.45, 7) is 3.90. The van der Waals surface area contributed by atoms with Crippen LogP contribution in [-0.4, -0.2) is 24.5 Å². The van der Waals surface area contributed by atoms with Crippen molar-refractivity contribution in [1.29, 1.82) is 0 Å². The van der Waals surface area contributed by atoms with Crippen LogP contribution in [0.15, 0.2) is 36.5 Å². The van der Waals surface area contributed by atoms with Crippen molar-refractivity contribution in [1.82, 2.24) is 9.71 Å². The highest BCUT2D eigenvalue weighted by Crippen LogP contribution is 2.11. The molecular formula is C16H18N2O4S. The van der Waals surface area contributed by atoms with Crippen LogP contribution in [0.1, 0.15) is 32.7 Å². The largest absolute Gasteiger partial charge is 0.478 e. The number of carboxylic acids is 1. The van der Waals surface area contributed by atoms with E-state index in [9.17, 15) is 13.2 Å². The van der Waals surface area contributed by atoms with Gasteiger partial charge in [-0.05, 0) is 42.7 Å². The second-order valence-electron chi connectivity index (χ2n) is 5.36. The molecule has 0 aliphatic rings. The zero-order valence-corrected chi connectivity index (χ0v) is 13.7. The van der Waals surface area contributed by atoms with Gasteiger partial charge in [0, 0.05) is 6.20 Å². The van der Waals surface area contributed by atoms with Crippen molar-refractivity contribution in [2.75, 3.05) is 0 Å². The SMILES string of the molecule is Cc1cnc(CNS(=O)(=O)Cc2cccc(C(=O)O)c2)c(C)c1. The Labute approximate surface area is 135 Å². The monoisotopic (exact) mass is 334 g/mol. The van der Waals surface area contributed by atoms with Gasteiger partial charge in [0.25, 0.3) is 0 Å². The van der Waals surface area contributed by atoms with E-state index in [2.05, 4.69) is 9.71 Å². The normalized spacial score (nSPS) is 11.4. The molecule has 122 valence electrons. The van der Waals surface area contributed by atoms with Crippen LogP contribution >= 0.6 is 0 Å². The first kappa shape index (κ1) is 17.1. The summed E-state index contributed by atoms with van der Waals surface area (Å²) in [4.78, 5) is 15.1. The van der Waals surface area contributed by atoms with Gasteiger partial charge < -0.3 is 5.11 Å². The van der Waals surface area contributed by atoms with Gasteiger partial charge in [-0.15, -0.1) is 0 Å². The molecule has 2 aromatic rings. The summed E-state index contributed by atoms with van der Waals surface area (Å²) in [5, 5.41) is 8.94. The van der Waals surface area contributed by atoms with E-state index in [0.717, 1.165) is 11.1 Å². The maximum absolute atomic E-state index is 12.1. The summed E-state index contributed by atoms with van der Waals surface area (Å²) >= 11 is 0. The summed E-state index contributed by atoms with van der Waals surface area (Å²) in [7, 11) is -3.59. The molecule has 0 amide bonds. The van der Waals surface area contributed by atoms with Crippen molar-refractivity contribution in [2.24, 2.45) is 0 Å². The van der Waals surface area contributed by atoms with Crippen molar-refractivity contribution < 1.29 is 18.3 Å². The van der Waals surface area contributed by atoms with Crippen molar-refractivity contribution in [3.8, 4) is 0 Å². The molecule has 0 aliphatic carbocycles. The van der Waals surface area contributed by atoms with Crippen LogP contribution in [-0.2, 0) is 22.3 Å². The number of sulfonamides is 1. The van der Waals surface area contributed by atoms with E-state index in [1.807, 2.05) is 19.9 Å². The molecule has 6 nitrogen and oxygen atoms in total. The number of hydrogen-bond acceptors (Lipinski definition) is 4. The minimum atomic E-state index is -3.59. The molecule has 0 saturated carbocycles. The standard InChI is InChI=1S/C16H18N2O4S/c1-11-6-12(2)15(17-8-11)9-18-23(21,22)10-13-4-3-5-14(7-13)16(19)20/h3-8,18H,9-10H2,1-2H3,(H,19,20). The number of hydrogen-bond donors (Lipinski definition) is 2. The lowest BCUT2D eigenvalue weighted by atomic mass is 10.1. The molecule has 0 unspecified atom stereocenters. The lowest BCUT2D eigenvalue weighted by Gasteiger charge is -2.09. The number of aromatic carboxylic acids is 1. The second-order valence-corrected chi connectivity index (χ2v) is 7.17. The van der Waals surface area contributed by atoms with E-state index in [1.165, 1.54) is 18.2 Å². The van der Waals surface area contributed by atoms with Crippen molar-refractivity contribution in [3.63, 3.8) is 0 Å². The highest BCUT2D eigenvalue weighted by Gasteiger charge is 2.14. The average Bonchev–Trinajstić information content (AvgIpc) is 2.46. The van der Waals surface area contributed by atoms with Crippen LogP contribution < -0.4 is 4.72 Å². The third-order valence-electron chi connectivity index (χ3n) is 3.31. The van der Waals surface area contributed by atoms with Gasteiger partial charge in [0.1, 0.15) is 0 Å². The van der Waals surface area contributed by atoms with Crippen molar-refractivity contribution in [2.45, 2.75) is 26.1 Å². The topological polar surface area (TPSA) is 96.4 Å². The highest BCUT2D eigenvalue weighted by molar-refractivity contribution is 7.88. The van der Waals surface area contributed by atoms with E-state index >= 15 is 0 Å². The average molecular weight is 334 g/mol. The van der Waals surface area contributed by atoms with Gasteiger partial charge in [-0.3, -0.25) is 4.98 Å². The van der Waals surface area contributed by atoms with Gasteiger partial charge >= 0.3 is 5.97 Å². The Kier molecular flexibility index (Phi) is 5.12. The summed E-state index contributed by atoms with van der Waals surface area (Å²) < 4.78 is 26.8. The van der Waals surface area contributed by atoms with Crippen LogP contribution in [0.4, 0.5) is 0 Å². The number of nitrogens with zero attached hydrogens (tertiary/aromatic N) is 1. The van der Waals surface area contributed by atoms with Crippen molar-refractivity contribution >= 4 is 16.0 Å². The van der Waals surface area contributed by atoms with Crippen LogP contribution in [0.25, 0.3) is 0 Å². The van der Waals surface area contributed by atoms with E-state index in [1.54, 1.807) is 12.3 Å². The molecule has 1 aromatic heterocycles. The summed E-state index contributed by atoms with van der Waals surface area (Å²) in [5.41, 5.74) is 3.08. The Morgan fingerprint density at radius 2 is 2.00 bits per heavy atom. The minimum absolute atomic E-state index is 0.0637. The highest BCUT2D eigenvalue weighted by atomic mass is 32.2. The Balaban J connectivity index is 2.07. The first-order chi connectivity index (χ1) is 10.8. The summed E-state index contributed by atoms with van der Waals surface area (Å²) in [6, 6.07) is 7.83. The first-order valence-corrected chi connectivity index (χ1v) is 8.64. The zero-order chi connectivity index (χ0) is 17.0. The molecule has 0 radical (unpaired) electrons. The Hall–Kier alpha value is -2.25. The molecule has 1 heterocycles. The Morgan fingerprint density at radius 3 is 2.65 bits per heavy atom. The van der Waals surface area contributed by atoms with Gasteiger partial charge in [0.15, 0.2) is 0 Å². The number of aryl methyl sites for hydroxylation is 2. The maximum atomic E-state index is 12.1. The number of carboxylic acid groups (broad SMARTS) is 1. The first-order valence-electron chi connectivity index (χ1n) is 6.98. The van der Waals surface area contributed by atoms with E-state index in [4.69, 9.17) is 5.11 Å². The van der Waals surface area contributed by atoms with Gasteiger partial charge in [-0.1, -0.05) is 18.2 Å². The van der Waals surface area contributed by atoms with E-state index < -0.39 is 16.0 Å². The smallest absolute Gasteiger partial charge is 0.335 e. The molecule has 1 aromatic carbocycles. The van der Waals surface area contributed by atoms with Crippen molar-refractivity contribution in [3.05, 3.63) is 64.5 Å². The molecule has 0 bridgehead atoms. The van der Waals surface area contributed by atoms with Crippen LogP contribution in [0.2, 0.25) is 0 Å². The Morgan fingerprint density at radius 1 is 1.26 bits per heavy atom. The molecule has 0 fully saturated rings. The molecule has 2 rings (SSSR count). The van der Waals surface area contributed by atoms with Gasteiger partial charge in [-0.25, -0.2) is 17.9 Å². The zero-order valence-electron chi connectivity index (χ0n) is 12.9. The van der Waals surface area contributed by atoms with Gasteiger partial charge in [-0.2, -0.15) is 0 Å². The predicted molar refractivity (Wildman–Crippen MR) is 86.6 cm³/mol. The van der Waals surface area contributed by atoms with E-state index in [-0.39, 0.29) is 17.9 Å². The predicted octanol–water partition coefficient (Wildman–Crippen LogP) is 2.02. The number of pyridine rings is 1. The third-order valence-corrected chi connectivity index (χ3v) is 4.61. The lowest BCUT2D eigenvalue weighted by Crippen LogP contribution is -2.25. The van der Waals surface area contributed by atoms with Crippen LogP contribution in [0, 0.1) is 13.8 Å². The molecule has 7 heteroatoms. The van der Waals surface area contributed by atoms with Gasteiger partial charge in [0.05, 0.1) is 23.6 Å². The lowest BCUT2D eigenvalue weighted by molar-refractivity contribution is 0.0696. The molecular weight excluding hydrogens is 316 g/mol. The van der Waals surface area contributed by atoms with Gasteiger partial charge in [0.2, 0.25) is 10.0 Å².